The molecule has 1 aliphatic rings. The summed E-state index contributed by atoms with van der Waals surface area (Å²) in [6.45, 7) is 7.82. The smallest absolute Gasteiger partial charge is 0.276 e. The molecule has 1 aliphatic heterocycles. The van der Waals surface area contributed by atoms with Crippen LogP contribution in [-0.4, -0.2) is 65.6 Å². The normalized spacial score (nSPS) is 14.1. The number of ether oxygens (including phenoxy) is 1. The maximum Gasteiger partial charge on any atom is 0.276 e. The maximum atomic E-state index is 15.2. The van der Waals surface area contributed by atoms with Gasteiger partial charge in [-0.3, -0.25) is 4.79 Å². The van der Waals surface area contributed by atoms with E-state index in [2.05, 4.69) is 132 Å². The third-order valence-corrected chi connectivity index (χ3v) is 13.2. The van der Waals surface area contributed by atoms with Gasteiger partial charge in [-0.25, -0.2) is 4.99 Å². The monoisotopic (exact) mass is 752 g/mol. The van der Waals surface area contributed by atoms with Crippen LogP contribution in [0, 0.1) is 10.2 Å². The Balaban J connectivity index is 0.00000101. The third-order valence-electron chi connectivity index (χ3n) is 8.85. The van der Waals surface area contributed by atoms with Crippen molar-refractivity contribution in [3.05, 3.63) is 168 Å². The molecule has 6 rings (SSSR count). The zero-order valence-corrected chi connectivity index (χ0v) is 31.5. The number of carbonyl (C=O) groups is 1. The van der Waals surface area contributed by atoms with E-state index in [4.69, 9.17) is 28.4 Å². The molecule has 0 atom stereocenters. The lowest BCUT2D eigenvalue weighted by atomic mass is 10.1. The summed E-state index contributed by atoms with van der Waals surface area (Å²) in [4.78, 5) is 25.0. The highest BCUT2D eigenvalue weighted by atomic mass is 35.7. The number of rotatable bonds is 10. The molecule has 274 valence electrons. The van der Waals surface area contributed by atoms with Crippen molar-refractivity contribution in [1.82, 2.24) is 9.80 Å². The van der Waals surface area contributed by atoms with Gasteiger partial charge < -0.3 is 14.5 Å². The Kier molecular flexibility index (Phi) is 14.1. The van der Waals surface area contributed by atoms with Gasteiger partial charge in [-0.2, -0.15) is 14.0 Å². The van der Waals surface area contributed by atoms with Crippen LogP contribution in [0.15, 0.2) is 162 Å². The number of morpholine rings is 1. The van der Waals surface area contributed by atoms with Crippen molar-refractivity contribution >= 4 is 40.2 Å². The zero-order chi connectivity index (χ0) is 37.7. The summed E-state index contributed by atoms with van der Waals surface area (Å²) in [5.74, 6) is 0.711. The summed E-state index contributed by atoms with van der Waals surface area (Å²) in [6.07, 6.45) is 0. The number of amides is 1. The molecular weight excluding hydrogens is 709 g/mol. The average Bonchev–Trinajstić information content (AvgIpc) is 3.19. The van der Waals surface area contributed by atoms with Gasteiger partial charge in [0.1, 0.15) is 34.3 Å². The van der Waals surface area contributed by atoms with E-state index in [1.807, 2.05) is 43.0 Å². The molecule has 11 heteroatoms. The van der Waals surface area contributed by atoms with Crippen LogP contribution in [0.4, 0.5) is 0 Å². The molecule has 0 spiro atoms. The van der Waals surface area contributed by atoms with Gasteiger partial charge in [-0.1, -0.05) is 115 Å². The fraction of sp³-hybridized carbons (Fsp3) is 0.190. The minimum Gasteiger partial charge on any atom is -0.378 e. The second kappa shape index (κ2) is 18.9. The molecule has 0 bridgehead atoms. The van der Waals surface area contributed by atoms with Crippen LogP contribution in [0.25, 0.3) is 5.31 Å². The van der Waals surface area contributed by atoms with Crippen LogP contribution in [0.3, 0.4) is 0 Å². The van der Waals surface area contributed by atoms with Crippen molar-refractivity contribution in [2.45, 2.75) is 13.8 Å². The number of nitrogens with zero attached hydrogens (tertiary/aromatic N) is 3. The second-order valence-electron chi connectivity index (χ2n) is 12.0. The first-order valence-corrected chi connectivity index (χ1v) is 20.5. The van der Waals surface area contributed by atoms with Gasteiger partial charge in [0.15, 0.2) is 5.70 Å². The van der Waals surface area contributed by atoms with Crippen LogP contribution < -0.4 is 29.9 Å². The molecule has 0 unspecified atom stereocenters. The molecule has 1 saturated heterocycles. The van der Waals surface area contributed by atoms with Gasteiger partial charge in [0, 0.05) is 37.3 Å². The second-order valence-corrected chi connectivity index (χ2v) is 16.1. The fourth-order valence-electron chi connectivity index (χ4n) is 6.52. The van der Waals surface area contributed by atoms with Crippen LogP contribution in [-0.2, 0) is 9.53 Å². The number of hydrogen-bond donors (Lipinski definition) is 1. The summed E-state index contributed by atoms with van der Waals surface area (Å²) in [6, 6.07) is 52.9. The van der Waals surface area contributed by atoms with Crippen LogP contribution in [0.5, 0.6) is 0 Å². The molecule has 5 aromatic carbocycles. The van der Waals surface area contributed by atoms with E-state index in [-0.39, 0.29) is 5.91 Å². The number of likely N-dealkylation sites (N-methyl/N-ethyl adjacent to an activating group) is 1. The fourth-order valence-corrected chi connectivity index (χ4v) is 11.1. The molecule has 1 fully saturated rings. The van der Waals surface area contributed by atoms with E-state index in [1.165, 1.54) is 0 Å². The molecule has 9 nitrogen and oxygen atoms in total. The third kappa shape index (κ3) is 9.84. The van der Waals surface area contributed by atoms with Crippen molar-refractivity contribution in [1.29, 1.82) is 0 Å². The molecule has 1 N–H and O–H groups in total. The quantitative estimate of drug-likeness (QED) is 0.100. The van der Waals surface area contributed by atoms with E-state index in [9.17, 15) is 0 Å². The molecule has 1 amide bonds. The summed E-state index contributed by atoms with van der Waals surface area (Å²) < 4.78 is 38.5. The van der Waals surface area contributed by atoms with E-state index in [0.717, 1.165) is 38.2 Å². The summed E-state index contributed by atoms with van der Waals surface area (Å²) in [5, 5.41) is 4.43. The number of hydrogen-bond acceptors (Lipinski definition) is 7. The Labute approximate surface area is 314 Å². The summed E-state index contributed by atoms with van der Waals surface area (Å²) >= 11 is 0. The van der Waals surface area contributed by atoms with E-state index in [0.29, 0.717) is 45.1 Å². The predicted molar refractivity (Wildman–Crippen MR) is 204 cm³/mol. The van der Waals surface area contributed by atoms with E-state index < -0.39 is 17.5 Å². The lowest BCUT2D eigenvalue weighted by molar-refractivity contribution is -1.92. The largest absolute Gasteiger partial charge is 0.378 e. The van der Waals surface area contributed by atoms with Crippen LogP contribution in [0.2, 0.25) is 0 Å². The highest BCUT2D eigenvalue weighted by molar-refractivity contribution is 8.03. The van der Waals surface area contributed by atoms with E-state index >= 15 is 4.79 Å². The average molecular weight is 753 g/mol. The highest BCUT2D eigenvalue weighted by Gasteiger charge is 2.53. The maximum absolute atomic E-state index is 15.2. The molecule has 0 radical (unpaired) electrons. The first kappa shape index (κ1) is 39.5. The van der Waals surface area contributed by atoms with Gasteiger partial charge in [0.25, 0.3) is 5.91 Å². The number of carbonyl (C=O) groups excluding carboxylic acids is 1. The standard InChI is InChI=1S/C42H43N3O2P.ClHO4/c1-3-44(4-2)42(46)39(43-41(35-22-12-6-13-23-35)45-30-32-47-33-31-45)40(34-20-10-5-11-21-34)48(36-24-14-7-15-25-36,37-26-16-8-17-27-37)38-28-18-9-19-29-38;2-1(3,4)5/h5-29H,3-4,30-33H2,1-2H3;(H,2,3,4,5)/q+1;. The number of amidine groups is 1. The molecule has 0 saturated carbocycles. The Bertz CT molecular complexity index is 1830. The van der Waals surface area contributed by atoms with Crippen molar-refractivity contribution < 1.29 is 38.4 Å². The molecule has 0 aromatic heterocycles. The number of benzene rings is 5. The highest BCUT2D eigenvalue weighted by Crippen LogP contribution is 2.67. The Morgan fingerprint density at radius 1 is 0.679 bits per heavy atom. The number of aliphatic imine (C=N–C) groups is 1. The topological polar surface area (TPSA) is 135 Å². The molecule has 53 heavy (non-hydrogen) atoms. The molecule has 1 heterocycles. The Hall–Kier alpha value is -4.70. The van der Waals surface area contributed by atoms with Crippen molar-refractivity contribution in [3.8, 4) is 0 Å². The first-order chi connectivity index (χ1) is 25.7. The minimum absolute atomic E-state index is 0.0762. The van der Waals surface area contributed by atoms with Crippen molar-refractivity contribution in [3.63, 3.8) is 0 Å². The Morgan fingerprint density at radius 3 is 1.42 bits per heavy atom. The molecular formula is C42H44ClN3O6P+. The zero-order valence-electron chi connectivity index (χ0n) is 29.8. The first-order valence-electron chi connectivity index (χ1n) is 17.4. The van der Waals surface area contributed by atoms with Crippen LogP contribution >= 0.6 is 7.26 Å². The number of halogens is 1. The summed E-state index contributed by atoms with van der Waals surface area (Å²) in [7, 11) is -7.46. The van der Waals surface area contributed by atoms with Crippen molar-refractivity contribution in [2.75, 3.05) is 39.4 Å². The molecule has 5 aromatic rings. The van der Waals surface area contributed by atoms with Gasteiger partial charge in [-0.15, -0.1) is 0 Å². The van der Waals surface area contributed by atoms with Gasteiger partial charge >= 0.3 is 0 Å². The van der Waals surface area contributed by atoms with Gasteiger partial charge in [-0.05, 0) is 50.2 Å². The van der Waals surface area contributed by atoms with Gasteiger partial charge in [0.05, 0.1) is 28.1 Å². The van der Waals surface area contributed by atoms with Gasteiger partial charge in [0.2, 0.25) is 0 Å². The minimum atomic E-state index is -4.69. The van der Waals surface area contributed by atoms with Crippen molar-refractivity contribution in [2.24, 2.45) is 4.99 Å². The van der Waals surface area contributed by atoms with E-state index in [1.54, 1.807) is 0 Å². The SMILES string of the molecule is CCN(CC)C(=O)C(N=C(c1ccccc1)N1CCOCC1)=C(c1ccccc1)[P+](c1ccccc1)(c1ccccc1)c1ccccc1.[O-][Cl+3]([O-])([O-])O. The Morgan fingerprint density at radius 2 is 1.04 bits per heavy atom. The summed E-state index contributed by atoms with van der Waals surface area (Å²) in [5.41, 5.74) is 2.43. The van der Waals surface area contributed by atoms with Crippen LogP contribution in [0.1, 0.15) is 25.0 Å². The predicted octanol–water partition coefficient (Wildman–Crippen LogP) is 2.87. The molecule has 0 aliphatic carbocycles. The lowest BCUT2D eigenvalue weighted by Gasteiger charge is -2.33. The lowest BCUT2D eigenvalue weighted by Crippen LogP contribution is -2.58.